The third-order valence-corrected chi connectivity index (χ3v) is 2.64. The molecule has 1 rings (SSSR count). The predicted molar refractivity (Wildman–Crippen MR) is 78.4 cm³/mol. The van der Waals surface area contributed by atoms with Crippen molar-refractivity contribution in [3.63, 3.8) is 0 Å². The summed E-state index contributed by atoms with van der Waals surface area (Å²) in [6.45, 7) is 3.80. The highest BCUT2D eigenvalue weighted by molar-refractivity contribution is 5.94. The first-order valence-corrected chi connectivity index (χ1v) is 6.50. The van der Waals surface area contributed by atoms with E-state index in [1.165, 1.54) is 20.1 Å². The van der Waals surface area contributed by atoms with Crippen molar-refractivity contribution in [2.45, 2.75) is 19.9 Å². The van der Waals surface area contributed by atoms with E-state index in [9.17, 15) is 9.59 Å². The van der Waals surface area contributed by atoms with Gasteiger partial charge in [0.25, 0.3) is 0 Å². The maximum absolute atomic E-state index is 11.5. The molecule has 0 radical (unpaired) electrons. The van der Waals surface area contributed by atoms with E-state index >= 15 is 0 Å². The number of nitrogens with one attached hydrogen (secondary N) is 1. The summed E-state index contributed by atoms with van der Waals surface area (Å²) < 4.78 is 10.6. The summed E-state index contributed by atoms with van der Waals surface area (Å²) in [5, 5.41) is 11.0. The maximum atomic E-state index is 11.5. The van der Waals surface area contributed by atoms with E-state index in [2.05, 4.69) is 5.32 Å². The van der Waals surface area contributed by atoms with Crippen molar-refractivity contribution in [1.29, 1.82) is 0 Å². The van der Waals surface area contributed by atoms with Crippen LogP contribution in [-0.4, -0.2) is 36.7 Å². The highest BCUT2D eigenvalue weighted by atomic mass is 16.5. The molecule has 2 N–H and O–H groups in total. The lowest BCUT2D eigenvalue weighted by Gasteiger charge is -2.09. The molecule has 0 saturated carbocycles. The smallest absolute Gasteiger partial charge is 0.325 e. The summed E-state index contributed by atoms with van der Waals surface area (Å²) >= 11 is 0. The summed E-state index contributed by atoms with van der Waals surface area (Å²) in [5.41, 5.74) is 0.744. The number of carboxylic acid groups (broad SMARTS) is 1. The van der Waals surface area contributed by atoms with Gasteiger partial charge in [-0.2, -0.15) is 0 Å². The summed E-state index contributed by atoms with van der Waals surface area (Å²) in [5.74, 6) is -0.364. The molecule has 0 aliphatic rings. The lowest BCUT2D eigenvalue weighted by Crippen LogP contribution is -2.37. The third kappa shape index (κ3) is 5.18. The quantitative estimate of drug-likeness (QED) is 0.747. The number of carboxylic acids is 1. The molecule has 0 fully saturated rings. The van der Waals surface area contributed by atoms with Gasteiger partial charge in [0, 0.05) is 6.08 Å². The number of hydrogen-bond donors (Lipinski definition) is 2. The number of benzene rings is 1. The zero-order chi connectivity index (χ0) is 15.8. The maximum Gasteiger partial charge on any atom is 0.325 e. The number of ether oxygens (including phenoxy) is 2. The Morgan fingerprint density at radius 1 is 1.38 bits per heavy atom. The lowest BCUT2D eigenvalue weighted by molar-refractivity contribution is -0.140. The van der Waals surface area contributed by atoms with Crippen molar-refractivity contribution >= 4 is 18.0 Å². The SMILES string of the molecule is CCOc1ccc(/C=C/C(=O)NC(C)C(=O)O)cc1OC. The number of carbonyl (C=O) groups is 2. The van der Waals surface area contributed by atoms with E-state index in [0.717, 1.165) is 5.56 Å². The van der Waals surface area contributed by atoms with Gasteiger partial charge in [0.05, 0.1) is 13.7 Å². The van der Waals surface area contributed by atoms with E-state index in [1.54, 1.807) is 24.3 Å². The molecule has 1 aromatic carbocycles. The Balaban J connectivity index is 2.76. The van der Waals surface area contributed by atoms with Gasteiger partial charge >= 0.3 is 5.97 Å². The molecule has 0 bridgehead atoms. The van der Waals surface area contributed by atoms with Gasteiger partial charge in [-0.15, -0.1) is 0 Å². The lowest BCUT2D eigenvalue weighted by atomic mass is 10.2. The summed E-state index contributed by atoms with van der Waals surface area (Å²) in [6.07, 6.45) is 2.84. The zero-order valence-electron chi connectivity index (χ0n) is 12.3. The highest BCUT2D eigenvalue weighted by Gasteiger charge is 2.11. The minimum absolute atomic E-state index is 0.474. The van der Waals surface area contributed by atoms with E-state index in [0.29, 0.717) is 18.1 Å². The normalized spacial score (nSPS) is 12.0. The predicted octanol–water partition coefficient (Wildman–Crippen LogP) is 1.70. The standard InChI is InChI=1S/C15H19NO5/c1-4-21-12-7-5-11(9-13(12)20-3)6-8-14(17)16-10(2)15(18)19/h5-10H,4H2,1-3H3,(H,16,17)(H,18,19)/b8-6+. The summed E-state index contributed by atoms with van der Waals surface area (Å²) in [6, 6.07) is 4.32. The van der Waals surface area contributed by atoms with Gasteiger partial charge in [-0.3, -0.25) is 9.59 Å². The second kappa shape index (κ2) is 7.94. The number of rotatable bonds is 7. The molecular weight excluding hydrogens is 274 g/mol. The molecule has 0 aliphatic carbocycles. The molecule has 0 aliphatic heterocycles. The summed E-state index contributed by atoms with van der Waals surface area (Å²) in [7, 11) is 1.53. The van der Waals surface area contributed by atoms with Crippen LogP contribution in [0.2, 0.25) is 0 Å². The largest absolute Gasteiger partial charge is 0.493 e. The molecule has 1 aromatic rings. The van der Waals surface area contributed by atoms with Crippen LogP contribution < -0.4 is 14.8 Å². The second-order valence-corrected chi connectivity index (χ2v) is 4.25. The Labute approximate surface area is 123 Å². The zero-order valence-corrected chi connectivity index (χ0v) is 12.3. The molecule has 6 nitrogen and oxygen atoms in total. The minimum Gasteiger partial charge on any atom is -0.493 e. The van der Waals surface area contributed by atoms with Crippen LogP contribution in [-0.2, 0) is 9.59 Å². The Hall–Kier alpha value is -2.50. The van der Waals surface area contributed by atoms with E-state index in [1.807, 2.05) is 6.92 Å². The number of hydrogen-bond acceptors (Lipinski definition) is 4. The van der Waals surface area contributed by atoms with Gasteiger partial charge in [-0.1, -0.05) is 6.07 Å². The minimum atomic E-state index is -1.08. The molecule has 1 unspecified atom stereocenters. The van der Waals surface area contributed by atoms with Crippen LogP contribution in [0.15, 0.2) is 24.3 Å². The molecule has 1 atom stereocenters. The topological polar surface area (TPSA) is 84.9 Å². The Kier molecular flexibility index (Phi) is 6.26. The molecule has 0 heterocycles. The van der Waals surface area contributed by atoms with Crippen LogP contribution in [0, 0.1) is 0 Å². The molecule has 0 aromatic heterocycles. The van der Waals surface area contributed by atoms with Crippen molar-refractivity contribution in [2.75, 3.05) is 13.7 Å². The monoisotopic (exact) mass is 293 g/mol. The van der Waals surface area contributed by atoms with Gasteiger partial charge in [-0.25, -0.2) is 0 Å². The van der Waals surface area contributed by atoms with Crippen molar-refractivity contribution in [3.05, 3.63) is 29.8 Å². The molecule has 6 heteroatoms. The third-order valence-electron chi connectivity index (χ3n) is 2.64. The molecule has 0 saturated heterocycles. The second-order valence-electron chi connectivity index (χ2n) is 4.25. The van der Waals surface area contributed by atoms with E-state index in [-0.39, 0.29) is 0 Å². The van der Waals surface area contributed by atoms with Crippen LogP contribution in [0.25, 0.3) is 6.08 Å². The van der Waals surface area contributed by atoms with Crippen molar-refractivity contribution in [1.82, 2.24) is 5.32 Å². The number of aliphatic carboxylic acids is 1. The van der Waals surface area contributed by atoms with Crippen molar-refractivity contribution in [3.8, 4) is 11.5 Å². The average molecular weight is 293 g/mol. The van der Waals surface area contributed by atoms with Crippen LogP contribution in [0.3, 0.4) is 0 Å². The average Bonchev–Trinajstić information content (AvgIpc) is 2.46. The van der Waals surface area contributed by atoms with Crippen molar-refractivity contribution in [2.24, 2.45) is 0 Å². The van der Waals surface area contributed by atoms with E-state index in [4.69, 9.17) is 14.6 Å². The first kappa shape index (κ1) is 16.6. The highest BCUT2D eigenvalue weighted by Crippen LogP contribution is 2.28. The van der Waals surface area contributed by atoms with Gasteiger partial charge in [0.15, 0.2) is 11.5 Å². The van der Waals surface area contributed by atoms with Gasteiger partial charge in [0.2, 0.25) is 5.91 Å². The number of carbonyl (C=O) groups excluding carboxylic acids is 1. The molecule has 1 amide bonds. The fourth-order valence-electron chi connectivity index (χ4n) is 1.56. The first-order chi connectivity index (χ1) is 9.97. The van der Waals surface area contributed by atoms with Crippen LogP contribution in [0.5, 0.6) is 11.5 Å². The van der Waals surface area contributed by atoms with E-state index < -0.39 is 17.9 Å². The Bertz CT molecular complexity index is 539. The summed E-state index contributed by atoms with van der Waals surface area (Å²) in [4.78, 5) is 22.2. The van der Waals surface area contributed by atoms with Crippen molar-refractivity contribution < 1.29 is 24.2 Å². The molecule has 21 heavy (non-hydrogen) atoms. The van der Waals surface area contributed by atoms with Crippen LogP contribution >= 0.6 is 0 Å². The van der Waals surface area contributed by atoms with Crippen LogP contribution in [0.1, 0.15) is 19.4 Å². The van der Waals surface area contributed by atoms with Crippen LogP contribution in [0.4, 0.5) is 0 Å². The molecule has 114 valence electrons. The fraction of sp³-hybridized carbons (Fsp3) is 0.333. The molecular formula is C15H19NO5. The Morgan fingerprint density at radius 2 is 2.10 bits per heavy atom. The van der Waals surface area contributed by atoms with Gasteiger partial charge in [0.1, 0.15) is 6.04 Å². The molecule has 0 spiro atoms. The first-order valence-electron chi connectivity index (χ1n) is 6.50. The van der Waals surface area contributed by atoms with Gasteiger partial charge in [-0.05, 0) is 37.6 Å². The Morgan fingerprint density at radius 3 is 2.67 bits per heavy atom. The number of amides is 1. The number of methoxy groups -OCH3 is 1. The fourth-order valence-corrected chi connectivity index (χ4v) is 1.56. The van der Waals surface area contributed by atoms with Gasteiger partial charge < -0.3 is 19.9 Å².